The number of aliphatic hydroxyl groups excluding tert-OH is 3. The summed E-state index contributed by atoms with van der Waals surface area (Å²) in [7, 11) is 0. The third-order valence-corrected chi connectivity index (χ3v) is 2.80. The van der Waals surface area contributed by atoms with Crippen LogP contribution in [0.1, 0.15) is 80.1 Å². The van der Waals surface area contributed by atoms with Crippen LogP contribution in [0, 0.1) is 12.0 Å². The average molecular weight is 447 g/mol. The summed E-state index contributed by atoms with van der Waals surface area (Å²) in [5, 5.41) is 32.6. The third kappa shape index (κ3) is 58.4. The molecule has 0 bridgehead atoms. The summed E-state index contributed by atoms with van der Waals surface area (Å²) in [6, 6.07) is 12.5. The van der Waals surface area contributed by atoms with Crippen LogP contribution < -0.4 is 0 Å². The van der Waals surface area contributed by atoms with Crippen molar-refractivity contribution in [1.82, 2.24) is 0 Å². The zero-order valence-corrected chi connectivity index (χ0v) is 20.7. The van der Waals surface area contributed by atoms with E-state index >= 15 is 0 Å². The van der Waals surface area contributed by atoms with Crippen molar-refractivity contribution in [3.8, 4) is 0 Å². The molecule has 0 radical (unpaired) electrons. The summed E-state index contributed by atoms with van der Waals surface area (Å²) >= 11 is 0. The maximum atomic E-state index is 10.3. The molecule has 0 unspecified atom stereocenters. The second-order valence-corrected chi connectivity index (χ2v) is 7.46. The number of aliphatic carboxylic acids is 1. The van der Waals surface area contributed by atoms with Gasteiger partial charge in [0.1, 0.15) is 0 Å². The van der Waals surface area contributed by atoms with Crippen LogP contribution in [-0.2, 0) is 26.5 Å². The van der Waals surface area contributed by atoms with Gasteiger partial charge < -0.3 is 20.4 Å². The standard InChI is InChI=1S/C8H14O2.C6H5.3C3H8O.Ti/c9-8(10)6-7-4-2-1-3-5-7;1-2-4-6-5-3-1;3*1-3(2)4;/h7H,1-6H2,(H,9,10);1-5H;3*3-4H,1-2H3;/q;-1;;;;. The molecule has 1 aliphatic rings. The molecule has 1 aromatic carbocycles. The summed E-state index contributed by atoms with van der Waals surface area (Å²) in [6.45, 7) is 10.3. The minimum Gasteiger partial charge on any atom is -0.481 e. The number of carboxylic acids is 1. The summed E-state index contributed by atoms with van der Waals surface area (Å²) < 4.78 is 0. The fraction of sp³-hybridized carbons (Fsp3) is 0.696. The first kappa shape index (κ1) is 35.7. The van der Waals surface area contributed by atoms with E-state index in [-0.39, 0.29) is 40.0 Å². The van der Waals surface area contributed by atoms with Gasteiger partial charge in [-0.25, -0.2) is 0 Å². The van der Waals surface area contributed by atoms with Crippen LogP contribution in [0.25, 0.3) is 0 Å². The number of hydrogen-bond donors (Lipinski definition) is 4. The molecule has 4 N–H and O–H groups in total. The van der Waals surface area contributed by atoms with Crippen LogP contribution in [0.4, 0.5) is 0 Å². The van der Waals surface area contributed by atoms with Gasteiger partial charge in [0.15, 0.2) is 0 Å². The van der Waals surface area contributed by atoms with E-state index in [2.05, 4.69) is 6.07 Å². The number of carboxylic acid groups (broad SMARTS) is 1. The molecule has 0 heterocycles. The zero-order chi connectivity index (χ0) is 22.4. The fourth-order valence-corrected chi connectivity index (χ4v) is 1.98. The van der Waals surface area contributed by atoms with E-state index in [0.29, 0.717) is 12.3 Å². The largest absolute Gasteiger partial charge is 0.481 e. The molecule has 1 aromatic rings. The monoisotopic (exact) mass is 447 g/mol. The van der Waals surface area contributed by atoms with Gasteiger partial charge in [-0.05, 0) is 60.3 Å². The Kier molecular flexibility index (Phi) is 33.6. The van der Waals surface area contributed by atoms with Crippen LogP contribution >= 0.6 is 0 Å². The maximum Gasteiger partial charge on any atom is 0.303 e. The van der Waals surface area contributed by atoms with Crippen LogP contribution in [0.2, 0.25) is 0 Å². The molecule has 5 nitrogen and oxygen atoms in total. The van der Waals surface area contributed by atoms with Crippen LogP contribution in [0.5, 0.6) is 0 Å². The minimum absolute atomic E-state index is 0. The molecule has 6 heteroatoms. The number of aliphatic hydroxyl groups is 3. The third-order valence-electron chi connectivity index (χ3n) is 2.80. The molecular formula is C23H43O5Ti-. The SMILES string of the molecule is CC(C)O.CC(C)O.CC(C)O.O=C(O)CC1CCCCC1.[Ti].[c-]1ccccc1. The Bertz CT molecular complexity index is 356. The quantitative estimate of drug-likeness (QED) is 0.390. The van der Waals surface area contributed by atoms with E-state index in [4.69, 9.17) is 20.4 Å². The Morgan fingerprint density at radius 1 is 0.828 bits per heavy atom. The van der Waals surface area contributed by atoms with Gasteiger partial charge in [0, 0.05) is 46.5 Å². The number of benzene rings is 1. The Morgan fingerprint density at radius 3 is 1.38 bits per heavy atom. The summed E-state index contributed by atoms with van der Waals surface area (Å²) in [4.78, 5) is 10.3. The topological polar surface area (TPSA) is 98.0 Å². The van der Waals surface area contributed by atoms with E-state index in [1.807, 2.05) is 30.3 Å². The predicted molar refractivity (Wildman–Crippen MR) is 116 cm³/mol. The van der Waals surface area contributed by atoms with Gasteiger partial charge in [-0.1, -0.05) is 19.3 Å². The van der Waals surface area contributed by atoms with Gasteiger partial charge in [0.05, 0.1) is 0 Å². The van der Waals surface area contributed by atoms with Crippen LogP contribution in [-0.4, -0.2) is 44.7 Å². The average Bonchev–Trinajstić information content (AvgIpc) is 2.56. The van der Waals surface area contributed by atoms with Crippen molar-refractivity contribution in [3.05, 3.63) is 36.4 Å². The predicted octanol–water partition coefficient (Wildman–Crippen LogP) is 4.69. The van der Waals surface area contributed by atoms with E-state index in [9.17, 15) is 4.79 Å². The van der Waals surface area contributed by atoms with Crippen LogP contribution in [0.15, 0.2) is 30.3 Å². The molecule has 1 saturated carbocycles. The summed E-state index contributed by atoms with van der Waals surface area (Å²) in [5.74, 6) is -0.154. The molecule has 170 valence electrons. The molecule has 29 heavy (non-hydrogen) atoms. The number of rotatable bonds is 2. The number of hydrogen-bond acceptors (Lipinski definition) is 4. The Hall–Kier alpha value is -0.716. The van der Waals surface area contributed by atoms with Crippen molar-refractivity contribution in [1.29, 1.82) is 0 Å². The Labute approximate surface area is 193 Å². The second-order valence-electron chi connectivity index (χ2n) is 7.46. The van der Waals surface area contributed by atoms with Crippen molar-refractivity contribution in [2.75, 3.05) is 0 Å². The molecule has 0 amide bonds. The first-order valence-electron chi connectivity index (χ1n) is 10.2. The van der Waals surface area contributed by atoms with E-state index in [1.165, 1.54) is 19.3 Å². The molecule has 0 saturated heterocycles. The smallest absolute Gasteiger partial charge is 0.303 e. The van der Waals surface area contributed by atoms with Gasteiger partial charge in [-0.15, -0.1) is 0 Å². The first-order valence-corrected chi connectivity index (χ1v) is 10.2. The second kappa shape index (κ2) is 27.3. The molecular weight excluding hydrogens is 404 g/mol. The van der Waals surface area contributed by atoms with E-state index in [0.717, 1.165) is 12.8 Å². The molecule has 2 rings (SSSR count). The molecule has 1 fully saturated rings. The van der Waals surface area contributed by atoms with E-state index in [1.54, 1.807) is 41.5 Å². The molecule has 0 atom stereocenters. The summed E-state index contributed by atoms with van der Waals surface area (Å²) in [5.41, 5.74) is 0. The molecule has 0 aliphatic heterocycles. The fourth-order valence-electron chi connectivity index (χ4n) is 1.98. The molecule has 0 aromatic heterocycles. The van der Waals surface area contributed by atoms with Crippen molar-refractivity contribution in [3.63, 3.8) is 0 Å². The van der Waals surface area contributed by atoms with Crippen molar-refractivity contribution < 1.29 is 46.9 Å². The zero-order valence-electron chi connectivity index (χ0n) is 19.1. The molecule has 1 aliphatic carbocycles. The normalized spacial score (nSPS) is 12.6. The van der Waals surface area contributed by atoms with Crippen molar-refractivity contribution in [2.45, 2.75) is 98.4 Å². The van der Waals surface area contributed by atoms with Gasteiger partial charge in [-0.2, -0.15) is 36.4 Å². The van der Waals surface area contributed by atoms with Crippen LogP contribution in [0.3, 0.4) is 0 Å². The Balaban J connectivity index is -0.000000143. The minimum atomic E-state index is -0.632. The molecule has 0 spiro atoms. The van der Waals surface area contributed by atoms with Gasteiger partial charge in [-0.3, -0.25) is 4.79 Å². The van der Waals surface area contributed by atoms with Gasteiger partial charge >= 0.3 is 5.97 Å². The van der Waals surface area contributed by atoms with Crippen molar-refractivity contribution >= 4 is 5.97 Å². The maximum absolute atomic E-state index is 10.3. The summed E-state index contributed by atoms with van der Waals surface area (Å²) in [6.07, 6.45) is 5.92. The van der Waals surface area contributed by atoms with E-state index < -0.39 is 5.97 Å². The Morgan fingerprint density at radius 2 is 1.17 bits per heavy atom. The number of carbonyl (C=O) groups is 1. The van der Waals surface area contributed by atoms with Crippen molar-refractivity contribution in [2.24, 2.45) is 5.92 Å². The first-order chi connectivity index (χ1) is 13.0. The van der Waals surface area contributed by atoms with Gasteiger partial charge in [0.25, 0.3) is 0 Å². The van der Waals surface area contributed by atoms with Gasteiger partial charge in [0.2, 0.25) is 0 Å².